The Morgan fingerprint density at radius 2 is 2.25 bits per heavy atom. The number of nitrogens with one attached hydrogen (secondary N) is 1. The second kappa shape index (κ2) is 7.01. The van der Waals surface area contributed by atoms with Gasteiger partial charge in [0.05, 0.1) is 25.3 Å². The topological polar surface area (TPSA) is 72.7 Å². The van der Waals surface area contributed by atoms with Crippen LogP contribution in [0.4, 0.5) is 6.01 Å². The maximum absolute atomic E-state index is 5.69. The van der Waals surface area contributed by atoms with E-state index in [1.165, 1.54) is 0 Å². The molecule has 1 aromatic rings. The van der Waals surface area contributed by atoms with Crippen LogP contribution in [-0.4, -0.2) is 56.3 Å². The Hall–Kier alpha value is -1.18. The standard InChI is InChI=1S/C13H24N4O3/c1-13(19-3)5-4-7-17(10-13)12-16-15-11(20-12)9-14-6-8-18-2/h14H,4-10H2,1-3H3. The molecule has 1 saturated heterocycles. The molecule has 1 fully saturated rings. The summed E-state index contributed by atoms with van der Waals surface area (Å²) in [4.78, 5) is 2.10. The van der Waals surface area contributed by atoms with Crippen molar-refractivity contribution in [3.63, 3.8) is 0 Å². The smallest absolute Gasteiger partial charge is 0.318 e. The van der Waals surface area contributed by atoms with E-state index in [0.717, 1.165) is 32.5 Å². The highest BCUT2D eigenvalue weighted by molar-refractivity contribution is 5.26. The first kappa shape index (κ1) is 15.2. The van der Waals surface area contributed by atoms with Crippen molar-refractivity contribution in [2.45, 2.75) is 31.9 Å². The third kappa shape index (κ3) is 3.91. The van der Waals surface area contributed by atoms with Gasteiger partial charge in [-0.1, -0.05) is 5.10 Å². The second-order valence-electron chi connectivity index (χ2n) is 5.33. The fourth-order valence-electron chi connectivity index (χ4n) is 2.35. The maximum Gasteiger partial charge on any atom is 0.318 e. The lowest BCUT2D eigenvalue weighted by Gasteiger charge is -2.38. The Morgan fingerprint density at radius 3 is 3.00 bits per heavy atom. The van der Waals surface area contributed by atoms with Crippen molar-refractivity contribution in [2.75, 3.05) is 45.4 Å². The van der Waals surface area contributed by atoms with Gasteiger partial charge in [0.25, 0.3) is 0 Å². The van der Waals surface area contributed by atoms with Crippen LogP contribution in [0.15, 0.2) is 4.42 Å². The van der Waals surface area contributed by atoms with Gasteiger partial charge in [0.1, 0.15) is 0 Å². The number of ether oxygens (including phenoxy) is 2. The normalized spacial score (nSPS) is 23.2. The molecule has 1 aliphatic heterocycles. The molecule has 0 amide bonds. The van der Waals surface area contributed by atoms with Gasteiger partial charge in [-0.15, -0.1) is 5.10 Å². The molecule has 0 aromatic carbocycles. The summed E-state index contributed by atoms with van der Waals surface area (Å²) in [5.74, 6) is 0.598. The minimum Gasteiger partial charge on any atom is -0.407 e. The third-order valence-electron chi connectivity index (χ3n) is 3.64. The lowest BCUT2D eigenvalue weighted by Crippen LogP contribution is -2.47. The van der Waals surface area contributed by atoms with Crippen LogP contribution in [0.3, 0.4) is 0 Å². The van der Waals surface area contributed by atoms with Gasteiger partial charge < -0.3 is 24.1 Å². The average Bonchev–Trinajstić information content (AvgIpc) is 2.93. The number of hydrogen-bond acceptors (Lipinski definition) is 7. The van der Waals surface area contributed by atoms with Crippen LogP contribution in [0.2, 0.25) is 0 Å². The largest absolute Gasteiger partial charge is 0.407 e. The molecule has 20 heavy (non-hydrogen) atoms. The third-order valence-corrected chi connectivity index (χ3v) is 3.64. The van der Waals surface area contributed by atoms with Gasteiger partial charge >= 0.3 is 6.01 Å². The number of hydrogen-bond donors (Lipinski definition) is 1. The average molecular weight is 284 g/mol. The van der Waals surface area contributed by atoms with E-state index in [9.17, 15) is 0 Å². The predicted octanol–water partition coefficient (Wildman–Crippen LogP) is 0.811. The highest BCUT2D eigenvalue weighted by atomic mass is 16.5. The Kier molecular flexibility index (Phi) is 5.33. The Labute approximate surface area is 119 Å². The Balaban J connectivity index is 1.88. The van der Waals surface area contributed by atoms with E-state index in [1.54, 1.807) is 14.2 Å². The van der Waals surface area contributed by atoms with E-state index >= 15 is 0 Å². The molecular weight excluding hydrogens is 260 g/mol. The fraction of sp³-hybridized carbons (Fsp3) is 0.846. The Bertz CT molecular complexity index is 412. The zero-order valence-electron chi connectivity index (χ0n) is 12.5. The lowest BCUT2D eigenvalue weighted by molar-refractivity contribution is -0.00568. The van der Waals surface area contributed by atoms with E-state index in [2.05, 4.69) is 27.3 Å². The minimum atomic E-state index is -0.135. The number of methoxy groups -OCH3 is 2. The van der Waals surface area contributed by atoms with Crippen molar-refractivity contribution in [2.24, 2.45) is 0 Å². The summed E-state index contributed by atoms with van der Waals surface area (Å²) in [5, 5.41) is 11.4. The zero-order chi connectivity index (χ0) is 14.4. The SMILES string of the molecule is COCCNCc1nnc(N2CCCC(C)(OC)C2)o1. The summed E-state index contributed by atoms with van der Waals surface area (Å²) in [6.45, 7) is 5.81. The summed E-state index contributed by atoms with van der Waals surface area (Å²) in [6, 6.07) is 0.580. The quantitative estimate of drug-likeness (QED) is 0.743. The second-order valence-corrected chi connectivity index (χ2v) is 5.33. The first-order valence-electron chi connectivity index (χ1n) is 6.99. The van der Waals surface area contributed by atoms with Crippen LogP contribution < -0.4 is 10.2 Å². The van der Waals surface area contributed by atoms with Crippen LogP contribution in [-0.2, 0) is 16.0 Å². The van der Waals surface area contributed by atoms with E-state index < -0.39 is 0 Å². The van der Waals surface area contributed by atoms with Crippen molar-refractivity contribution >= 4 is 6.01 Å². The summed E-state index contributed by atoms with van der Waals surface area (Å²) in [5.41, 5.74) is -0.135. The molecule has 0 radical (unpaired) electrons. The highest BCUT2D eigenvalue weighted by Gasteiger charge is 2.32. The number of aromatic nitrogens is 2. The molecule has 7 nitrogen and oxygen atoms in total. The highest BCUT2D eigenvalue weighted by Crippen LogP contribution is 2.27. The minimum absolute atomic E-state index is 0.135. The van der Waals surface area contributed by atoms with Gasteiger partial charge in [-0.3, -0.25) is 0 Å². The molecular formula is C13H24N4O3. The van der Waals surface area contributed by atoms with Crippen LogP contribution in [0.1, 0.15) is 25.7 Å². The summed E-state index contributed by atoms with van der Waals surface area (Å²) in [6.07, 6.45) is 2.12. The molecule has 1 atom stereocenters. The molecule has 114 valence electrons. The summed E-state index contributed by atoms with van der Waals surface area (Å²) >= 11 is 0. The fourth-order valence-corrected chi connectivity index (χ4v) is 2.35. The maximum atomic E-state index is 5.69. The molecule has 7 heteroatoms. The molecule has 0 bridgehead atoms. The molecule has 2 heterocycles. The van der Waals surface area contributed by atoms with Gasteiger partial charge in [0.15, 0.2) is 0 Å². The van der Waals surface area contributed by atoms with Crippen molar-refractivity contribution in [3.05, 3.63) is 5.89 Å². The molecule has 0 saturated carbocycles. The molecule has 1 unspecified atom stereocenters. The first-order valence-corrected chi connectivity index (χ1v) is 6.99. The monoisotopic (exact) mass is 284 g/mol. The summed E-state index contributed by atoms with van der Waals surface area (Å²) < 4.78 is 16.2. The van der Waals surface area contributed by atoms with Crippen LogP contribution in [0.5, 0.6) is 0 Å². The summed E-state index contributed by atoms with van der Waals surface area (Å²) in [7, 11) is 3.43. The van der Waals surface area contributed by atoms with Gasteiger partial charge in [-0.2, -0.15) is 0 Å². The molecule has 0 aliphatic carbocycles. The lowest BCUT2D eigenvalue weighted by atomic mass is 9.95. The van der Waals surface area contributed by atoms with Gasteiger partial charge in [-0.05, 0) is 19.8 Å². The van der Waals surface area contributed by atoms with E-state index in [1.807, 2.05) is 0 Å². The van der Waals surface area contributed by atoms with Crippen molar-refractivity contribution in [1.82, 2.24) is 15.5 Å². The van der Waals surface area contributed by atoms with E-state index in [4.69, 9.17) is 13.9 Å². The van der Waals surface area contributed by atoms with Crippen LogP contribution in [0.25, 0.3) is 0 Å². The number of anilines is 1. The van der Waals surface area contributed by atoms with Gasteiger partial charge in [-0.25, -0.2) is 0 Å². The first-order chi connectivity index (χ1) is 9.67. The van der Waals surface area contributed by atoms with Crippen molar-refractivity contribution < 1.29 is 13.9 Å². The van der Waals surface area contributed by atoms with E-state index in [0.29, 0.717) is 25.1 Å². The molecule has 1 aliphatic rings. The molecule has 2 rings (SSSR count). The van der Waals surface area contributed by atoms with Crippen LogP contribution in [0, 0.1) is 0 Å². The van der Waals surface area contributed by atoms with Crippen molar-refractivity contribution in [1.29, 1.82) is 0 Å². The molecule has 1 aromatic heterocycles. The predicted molar refractivity (Wildman–Crippen MR) is 74.7 cm³/mol. The zero-order valence-corrected chi connectivity index (χ0v) is 12.5. The van der Waals surface area contributed by atoms with Gasteiger partial charge in [0, 0.05) is 27.3 Å². The van der Waals surface area contributed by atoms with Gasteiger partial charge in [0.2, 0.25) is 5.89 Å². The molecule has 0 spiro atoms. The molecule has 1 N–H and O–H groups in total. The Morgan fingerprint density at radius 1 is 1.40 bits per heavy atom. The number of rotatable bonds is 7. The van der Waals surface area contributed by atoms with Crippen molar-refractivity contribution in [3.8, 4) is 0 Å². The van der Waals surface area contributed by atoms with Crippen LogP contribution >= 0.6 is 0 Å². The number of piperidine rings is 1. The number of nitrogens with zero attached hydrogens (tertiary/aromatic N) is 3. The van der Waals surface area contributed by atoms with E-state index in [-0.39, 0.29) is 5.60 Å².